The Balaban J connectivity index is 1.83. The number of aromatic nitrogens is 1. The summed E-state index contributed by atoms with van der Waals surface area (Å²) in [5.74, 6) is -0.354. The number of carbonyl (C=O) groups excluding carboxylic acids is 1. The van der Waals surface area contributed by atoms with Gasteiger partial charge in [0, 0.05) is 35.9 Å². The van der Waals surface area contributed by atoms with Gasteiger partial charge in [-0.1, -0.05) is 36.0 Å². The smallest absolute Gasteiger partial charge is 0.253 e. The van der Waals surface area contributed by atoms with Crippen LogP contribution in [0.4, 0.5) is 5.69 Å². The van der Waals surface area contributed by atoms with Gasteiger partial charge in [-0.3, -0.25) is 9.59 Å². The Morgan fingerprint density at radius 3 is 2.54 bits per heavy atom. The zero-order chi connectivity index (χ0) is 20.4. The first kappa shape index (κ1) is 20.7. The molecular formula is C21H25Cl2N3O2. The van der Waals surface area contributed by atoms with E-state index in [1.807, 2.05) is 27.0 Å². The lowest BCUT2D eigenvalue weighted by Gasteiger charge is -2.28. The standard InChI is InChI=1S/C21H25Cl2N3O2/c1-12-8-13(2)25-21(28)17(12)11-24-20(27)16-9-14(22)10-18(19(16)23)26(3)15-6-4-5-7-15/h8-10,15H,4-7,11H2,1-3H3,(H,24,27)(H,25,28). The average Bonchev–Trinajstić information content (AvgIpc) is 3.16. The first-order valence-corrected chi connectivity index (χ1v) is 10.2. The number of amides is 1. The van der Waals surface area contributed by atoms with E-state index in [4.69, 9.17) is 23.2 Å². The van der Waals surface area contributed by atoms with Gasteiger partial charge in [0.15, 0.2) is 0 Å². The zero-order valence-corrected chi connectivity index (χ0v) is 17.9. The van der Waals surface area contributed by atoms with Crippen LogP contribution in [-0.2, 0) is 6.54 Å². The summed E-state index contributed by atoms with van der Waals surface area (Å²) < 4.78 is 0. The minimum absolute atomic E-state index is 0.122. The Kier molecular flexibility index (Phi) is 6.36. The van der Waals surface area contributed by atoms with Gasteiger partial charge in [-0.25, -0.2) is 0 Å². The normalized spacial score (nSPS) is 14.3. The quantitative estimate of drug-likeness (QED) is 0.740. The highest BCUT2D eigenvalue weighted by Crippen LogP contribution is 2.36. The van der Waals surface area contributed by atoms with E-state index >= 15 is 0 Å². The third kappa shape index (κ3) is 4.36. The molecule has 1 aromatic carbocycles. The van der Waals surface area contributed by atoms with Crippen LogP contribution in [0.15, 0.2) is 23.0 Å². The van der Waals surface area contributed by atoms with Gasteiger partial charge in [-0.15, -0.1) is 0 Å². The molecule has 0 aliphatic heterocycles. The number of hydrogen-bond acceptors (Lipinski definition) is 3. The van der Waals surface area contributed by atoms with E-state index in [0.717, 1.165) is 29.8 Å². The molecule has 3 rings (SSSR count). The molecule has 7 heteroatoms. The lowest BCUT2D eigenvalue weighted by atomic mass is 10.1. The molecule has 0 bridgehead atoms. The summed E-state index contributed by atoms with van der Waals surface area (Å²) in [4.78, 5) is 29.8. The van der Waals surface area contributed by atoms with Crippen LogP contribution >= 0.6 is 23.2 Å². The van der Waals surface area contributed by atoms with E-state index in [2.05, 4.69) is 15.2 Å². The second kappa shape index (κ2) is 8.58. The fourth-order valence-corrected chi connectivity index (χ4v) is 4.39. The van der Waals surface area contributed by atoms with Crippen LogP contribution in [0.1, 0.15) is 52.9 Å². The van der Waals surface area contributed by atoms with Crippen LogP contribution in [0.25, 0.3) is 0 Å². The molecule has 1 fully saturated rings. The fraction of sp³-hybridized carbons (Fsp3) is 0.429. The van der Waals surface area contributed by atoms with Gasteiger partial charge in [0.1, 0.15) is 0 Å². The minimum Gasteiger partial charge on any atom is -0.370 e. The van der Waals surface area contributed by atoms with Crippen molar-refractivity contribution in [1.82, 2.24) is 10.3 Å². The second-order valence-electron chi connectivity index (χ2n) is 7.46. The third-order valence-electron chi connectivity index (χ3n) is 5.43. The number of H-pyrrole nitrogens is 1. The van der Waals surface area contributed by atoms with Gasteiger partial charge in [-0.2, -0.15) is 0 Å². The molecule has 1 heterocycles. The molecule has 1 saturated carbocycles. The number of nitrogens with zero attached hydrogens (tertiary/aromatic N) is 1. The highest BCUT2D eigenvalue weighted by molar-refractivity contribution is 6.38. The summed E-state index contributed by atoms with van der Waals surface area (Å²) in [6, 6.07) is 5.65. The second-order valence-corrected chi connectivity index (χ2v) is 8.28. The molecule has 0 atom stereocenters. The van der Waals surface area contributed by atoms with Crippen molar-refractivity contribution >= 4 is 34.8 Å². The molecular weight excluding hydrogens is 397 g/mol. The van der Waals surface area contributed by atoms with Crippen molar-refractivity contribution < 1.29 is 4.79 Å². The molecule has 1 amide bonds. The van der Waals surface area contributed by atoms with Crippen molar-refractivity contribution in [3.63, 3.8) is 0 Å². The summed E-state index contributed by atoms with van der Waals surface area (Å²) in [6.07, 6.45) is 4.61. The van der Waals surface area contributed by atoms with Crippen LogP contribution in [0, 0.1) is 13.8 Å². The number of hydrogen-bond donors (Lipinski definition) is 2. The van der Waals surface area contributed by atoms with Gasteiger partial charge in [0.25, 0.3) is 11.5 Å². The summed E-state index contributed by atoms with van der Waals surface area (Å²) in [6.45, 7) is 3.80. The van der Waals surface area contributed by atoms with Crippen molar-refractivity contribution in [3.05, 3.63) is 61.0 Å². The predicted molar refractivity (Wildman–Crippen MR) is 115 cm³/mol. The number of anilines is 1. The van der Waals surface area contributed by atoms with E-state index in [1.54, 1.807) is 12.1 Å². The van der Waals surface area contributed by atoms with Crippen molar-refractivity contribution in [2.75, 3.05) is 11.9 Å². The molecule has 150 valence electrons. The Morgan fingerprint density at radius 1 is 1.21 bits per heavy atom. The van der Waals surface area contributed by atoms with Gasteiger partial charge >= 0.3 is 0 Å². The van der Waals surface area contributed by atoms with Crippen molar-refractivity contribution in [1.29, 1.82) is 0 Å². The summed E-state index contributed by atoms with van der Waals surface area (Å²) >= 11 is 12.9. The van der Waals surface area contributed by atoms with Crippen LogP contribution in [0.2, 0.25) is 10.0 Å². The highest BCUT2D eigenvalue weighted by atomic mass is 35.5. The molecule has 1 aromatic heterocycles. The number of aromatic amines is 1. The lowest BCUT2D eigenvalue weighted by molar-refractivity contribution is 0.0951. The number of benzene rings is 1. The summed E-state index contributed by atoms with van der Waals surface area (Å²) in [7, 11) is 1.99. The van der Waals surface area contributed by atoms with Gasteiger partial charge < -0.3 is 15.2 Å². The Labute approximate surface area is 175 Å². The van der Waals surface area contributed by atoms with E-state index < -0.39 is 0 Å². The van der Waals surface area contributed by atoms with Crippen molar-refractivity contribution in [2.45, 2.75) is 52.1 Å². The van der Waals surface area contributed by atoms with Gasteiger partial charge in [-0.05, 0) is 50.5 Å². The highest BCUT2D eigenvalue weighted by Gasteiger charge is 2.24. The van der Waals surface area contributed by atoms with Crippen LogP contribution in [0.3, 0.4) is 0 Å². The van der Waals surface area contributed by atoms with E-state index in [-0.39, 0.29) is 18.0 Å². The Morgan fingerprint density at radius 2 is 1.89 bits per heavy atom. The van der Waals surface area contributed by atoms with E-state index in [0.29, 0.717) is 27.2 Å². The molecule has 5 nitrogen and oxygen atoms in total. The van der Waals surface area contributed by atoms with Crippen LogP contribution < -0.4 is 15.8 Å². The van der Waals surface area contributed by atoms with Crippen molar-refractivity contribution in [3.8, 4) is 0 Å². The first-order chi connectivity index (χ1) is 13.3. The first-order valence-electron chi connectivity index (χ1n) is 9.47. The van der Waals surface area contributed by atoms with Crippen LogP contribution in [0.5, 0.6) is 0 Å². The van der Waals surface area contributed by atoms with Gasteiger partial charge in [0.05, 0.1) is 16.3 Å². The van der Waals surface area contributed by atoms with E-state index in [9.17, 15) is 9.59 Å². The number of halogens is 2. The monoisotopic (exact) mass is 421 g/mol. The predicted octanol–water partition coefficient (Wildman–Crippen LogP) is 4.61. The maximum Gasteiger partial charge on any atom is 0.253 e. The van der Waals surface area contributed by atoms with Gasteiger partial charge in [0.2, 0.25) is 0 Å². The molecule has 28 heavy (non-hydrogen) atoms. The Bertz CT molecular complexity index is 949. The molecule has 0 spiro atoms. The number of nitrogens with one attached hydrogen (secondary N) is 2. The molecule has 1 aliphatic carbocycles. The zero-order valence-electron chi connectivity index (χ0n) is 16.4. The SMILES string of the molecule is Cc1cc(C)c(CNC(=O)c2cc(Cl)cc(N(C)C3CCCC3)c2Cl)c(=O)[nH]1. The molecule has 0 radical (unpaired) electrons. The molecule has 2 aromatic rings. The summed E-state index contributed by atoms with van der Waals surface area (Å²) in [5.41, 5.74) is 3.03. The lowest BCUT2D eigenvalue weighted by Crippen LogP contribution is -2.31. The number of rotatable bonds is 5. The summed E-state index contributed by atoms with van der Waals surface area (Å²) in [5, 5.41) is 3.64. The maximum absolute atomic E-state index is 12.8. The molecule has 0 unspecified atom stereocenters. The topological polar surface area (TPSA) is 65.2 Å². The molecule has 0 saturated heterocycles. The third-order valence-corrected chi connectivity index (χ3v) is 6.05. The molecule has 2 N–H and O–H groups in total. The number of aryl methyl sites for hydroxylation is 2. The number of carbonyl (C=O) groups is 1. The Hall–Kier alpha value is -1.98. The molecule has 1 aliphatic rings. The van der Waals surface area contributed by atoms with E-state index in [1.165, 1.54) is 12.8 Å². The average molecular weight is 422 g/mol. The minimum atomic E-state index is -0.354. The van der Waals surface area contributed by atoms with Crippen molar-refractivity contribution in [2.24, 2.45) is 0 Å². The largest absolute Gasteiger partial charge is 0.370 e. The fourth-order valence-electron chi connectivity index (χ4n) is 3.85. The van der Waals surface area contributed by atoms with Crippen LogP contribution in [-0.4, -0.2) is 24.0 Å². The maximum atomic E-state index is 12.8. The number of pyridine rings is 1.